The molecule has 4 saturated heterocycles. The maximum Gasteiger partial charge on any atom is 0.342 e. The molecule has 2 atom stereocenters. The molecule has 0 bridgehead atoms. The number of nitrogens with one attached hydrogen (secondary N) is 2. The zero-order valence-corrected chi connectivity index (χ0v) is 63.0. The first-order valence-corrected chi connectivity index (χ1v) is 38.7. The molecule has 4 heterocycles. The molecule has 4 fully saturated rings. The molecule has 0 aromatic heterocycles. The second kappa shape index (κ2) is 24.8. The first kappa shape index (κ1) is 73.6. The van der Waals surface area contributed by atoms with Gasteiger partial charge in [-0.1, -0.05) is 65.1 Å². The molecule has 0 saturated carbocycles. The van der Waals surface area contributed by atoms with Gasteiger partial charge in [0.05, 0.1) is 51.7 Å². The van der Waals surface area contributed by atoms with Gasteiger partial charge in [-0.15, -0.1) is 0 Å². The lowest BCUT2D eigenvalue weighted by molar-refractivity contribution is 0.0390. The second-order valence-corrected chi connectivity index (χ2v) is 46.8. The Bertz CT molecular complexity index is 2620. The Morgan fingerprint density at radius 2 is 0.702 bits per heavy atom. The van der Waals surface area contributed by atoms with E-state index in [0.717, 1.165) is 33.3 Å². The largest absolute Gasteiger partial charge is 0.497 e. The van der Waals surface area contributed by atoms with Gasteiger partial charge in [-0.25, -0.2) is 17.8 Å². The lowest BCUT2D eigenvalue weighted by Gasteiger charge is -2.69. The summed E-state index contributed by atoms with van der Waals surface area (Å²) in [6, 6.07) is 15.5. The Labute approximate surface area is 514 Å². The lowest BCUT2D eigenvalue weighted by Crippen LogP contribution is -2.60. The minimum atomic E-state index is -3.70. The van der Waals surface area contributed by atoms with E-state index in [1.165, 1.54) is 0 Å². The van der Waals surface area contributed by atoms with Gasteiger partial charge < -0.3 is 27.6 Å². The van der Waals surface area contributed by atoms with E-state index in [-0.39, 0.29) is 44.1 Å². The third kappa shape index (κ3) is 16.5. The predicted molar refractivity (Wildman–Crippen MR) is 361 cm³/mol. The number of allylic oxidation sites excluding steroid dienone is 2. The number of hydrogen-bond acceptors (Lipinski definition) is 12. The quantitative estimate of drug-likeness (QED) is 0.194. The summed E-state index contributed by atoms with van der Waals surface area (Å²) in [4.78, 5) is 0. The van der Waals surface area contributed by atoms with Gasteiger partial charge in [0.15, 0.2) is 0 Å². The van der Waals surface area contributed by atoms with Crippen molar-refractivity contribution in [2.75, 3.05) is 40.6 Å². The monoisotopic (exact) mass is 1280 g/mol. The van der Waals surface area contributed by atoms with Crippen molar-refractivity contribution < 1.29 is 36.7 Å². The van der Waals surface area contributed by atoms with E-state index in [1.807, 2.05) is 48.5 Å². The number of nitrogens with zero attached hydrogens (tertiary/aromatic N) is 6. The van der Waals surface area contributed by atoms with Crippen molar-refractivity contribution in [3.05, 3.63) is 83.4 Å². The summed E-state index contributed by atoms with van der Waals surface area (Å²) in [5.41, 5.74) is -2.40. The highest BCUT2D eigenvalue weighted by Crippen LogP contribution is 2.94. The number of ether oxygens (including phenoxy) is 2. The van der Waals surface area contributed by atoms with Gasteiger partial charge in [0.1, 0.15) is 54.3 Å². The van der Waals surface area contributed by atoms with Crippen LogP contribution in [-0.4, -0.2) is 103 Å². The molecule has 0 unspecified atom stereocenters. The molecule has 0 radical (unpaired) electrons. The molecule has 2 N–H and O–H groups in total. The number of methoxy groups -OCH3 is 2. The highest BCUT2D eigenvalue weighted by Gasteiger charge is 2.68. The van der Waals surface area contributed by atoms with Gasteiger partial charge in [-0.2, -0.15) is 0 Å². The summed E-state index contributed by atoms with van der Waals surface area (Å²) in [5.74, 6) is 1.46. The fraction of sp³-hybridized carbons (Fsp3) is 0.742. The van der Waals surface area contributed by atoms with Crippen LogP contribution in [0.1, 0.15) is 216 Å². The molecule has 2 aromatic carbocycles. The molecule has 0 spiro atoms. The molecule has 0 amide bonds. The molecule has 4 aliphatic heterocycles. The molecular formula is C62H114N8O8P6. The Kier molecular flexibility index (Phi) is 21.8. The summed E-state index contributed by atoms with van der Waals surface area (Å²) >= 11 is 0. The summed E-state index contributed by atoms with van der Waals surface area (Å²) in [5, 5.41) is 9.50. The van der Waals surface area contributed by atoms with Crippen molar-refractivity contribution in [1.29, 1.82) is 0 Å². The van der Waals surface area contributed by atoms with Crippen LogP contribution in [-0.2, 0) is 27.2 Å². The molecular weight excluding hydrogens is 1170 g/mol. The van der Waals surface area contributed by atoms with Gasteiger partial charge in [-0.05, 0) is 202 Å². The van der Waals surface area contributed by atoms with Crippen molar-refractivity contribution in [2.45, 2.75) is 249 Å². The Balaban J connectivity index is 0.000000307. The first-order valence-electron chi connectivity index (χ1n) is 29.6. The maximum absolute atomic E-state index is 15.0. The molecule has 4 aliphatic rings. The molecule has 22 heteroatoms. The summed E-state index contributed by atoms with van der Waals surface area (Å²) in [6.07, 6.45) is 0. The average molecular weight is 1290 g/mol. The van der Waals surface area contributed by atoms with Gasteiger partial charge in [0.25, 0.3) is 0 Å². The fourth-order valence-corrected chi connectivity index (χ4v) is 36.0. The van der Waals surface area contributed by atoms with Crippen molar-refractivity contribution >= 4 is 46.7 Å². The Hall–Kier alpha value is -1.10. The van der Waals surface area contributed by atoms with Crippen LogP contribution in [0.15, 0.2) is 81.8 Å². The molecule has 0 aliphatic carbocycles. The third-order valence-electron chi connectivity index (χ3n) is 13.4. The van der Waals surface area contributed by atoms with E-state index in [0.29, 0.717) is 26.4 Å². The molecule has 84 heavy (non-hydrogen) atoms. The van der Waals surface area contributed by atoms with Crippen LogP contribution in [0.4, 0.5) is 0 Å². The van der Waals surface area contributed by atoms with Crippen LogP contribution >= 0.6 is 46.7 Å². The standard InChI is InChI=1S/2C31H57N4O4P3/c2*1-23(26(24-17-19-25(37-16)20-18-24)42(36)38-21-31(14,15)22-39-42)41(33-28(5,6)7)34(29(8,9)10)40(32-27(2,3)4)35(41)30(11,12)13/h2*17-20,26,32H,1,21-22H2,2-16H3/t2*26-,40?,41?/m10/s1. The van der Waals surface area contributed by atoms with E-state index < -0.39 is 69.0 Å². The van der Waals surface area contributed by atoms with Crippen LogP contribution in [0.5, 0.6) is 11.5 Å². The van der Waals surface area contributed by atoms with Gasteiger partial charge in [-0.3, -0.25) is 28.8 Å². The minimum Gasteiger partial charge on any atom is -0.497 e. The zero-order chi connectivity index (χ0) is 64.6. The van der Waals surface area contributed by atoms with Crippen LogP contribution in [0.2, 0.25) is 0 Å². The molecule has 6 rings (SSSR count). The van der Waals surface area contributed by atoms with Crippen LogP contribution in [0.3, 0.4) is 0 Å². The molecule has 2 aromatic rings. The van der Waals surface area contributed by atoms with Gasteiger partial charge >= 0.3 is 15.2 Å². The Morgan fingerprint density at radius 3 is 0.881 bits per heavy atom. The highest BCUT2D eigenvalue weighted by atomic mass is 31.3. The van der Waals surface area contributed by atoms with E-state index >= 15 is 0 Å². The highest BCUT2D eigenvalue weighted by molar-refractivity contribution is 7.89. The summed E-state index contributed by atoms with van der Waals surface area (Å²) < 4.78 is 87.8. The van der Waals surface area contributed by atoms with Gasteiger partial charge in [0.2, 0.25) is 0 Å². The minimum absolute atomic E-state index is 0.138. The smallest absolute Gasteiger partial charge is 0.342 e. The van der Waals surface area contributed by atoms with Crippen molar-refractivity contribution in [3.8, 4) is 11.5 Å². The van der Waals surface area contributed by atoms with Crippen LogP contribution in [0, 0.1) is 10.8 Å². The topological polar surface area (TPSA) is 151 Å². The predicted octanol–water partition coefficient (Wildman–Crippen LogP) is 20.4. The van der Waals surface area contributed by atoms with E-state index in [4.69, 9.17) is 50.2 Å². The number of rotatable bonds is 12. The van der Waals surface area contributed by atoms with Crippen molar-refractivity contribution in [3.63, 3.8) is 0 Å². The first-order chi connectivity index (χ1) is 37.5. The zero-order valence-electron chi connectivity index (χ0n) is 57.6. The normalized spacial score (nSPS) is 26.3. The Morgan fingerprint density at radius 1 is 0.476 bits per heavy atom. The molecule has 16 nitrogen and oxygen atoms in total. The second-order valence-electron chi connectivity index (χ2n) is 32.7. The summed E-state index contributed by atoms with van der Waals surface area (Å²) in [7, 11) is -11.6. The maximum atomic E-state index is 15.0. The van der Waals surface area contributed by atoms with E-state index in [9.17, 15) is 9.13 Å². The van der Waals surface area contributed by atoms with Crippen molar-refractivity contribution in [2.24, 2.45) is 20.3 Å². The SMILES string of the molecule is C=C([C@@H](c1ccc(OC)cc1)P1(=O)OCC(C)(C)CO1)P1(=NC(C)(C)C)N(C(C)(C)C)P(NC(C)(C)C)N1C(C)(C)C.C=C([C@H](c1ccc(OC)cc1)P1(=O)OCC(C)(C)CO1)P1(=NC(C)(C)C)N(C(C)(C)C)P(NC(C)(C)C)N1C(C)(C)C. The third-order valence-corrected chi connectivity index (χ3v) is 37.1. The summed E-state index contributed by atoms with van der Waals surface area (Å²) in [6.45, 7) is 72.3. The van der Waals surface area contributed by atoms with Crippen molar-refractivity contribution in [1.82, 2.24) is 27.9 Å². The van der Waals surface area contributed by atoms with Crippen LogP contribution < -0.4 is 19.6 Å². The lowest BCUT2D eigenvalue weighted by atomic mass is 9.97. The van der Waals surface area contributed by atoms with Crippen LogP contribution in [0.25, 0.3) is 0 Å². The average Bonchev–Trinajstić information content (AvgIpc) is 0.703. The fourth-order valence-electron chi connectivity index (χ4n) is 10.5. The number of hydrogen-bond donors (Lipinski definition) is 2. The molecule has 480 valence electrons. The van der Waals surface area contributed by atoms with Gasteiger partial charge in [0, 0.05) is 54.7 Å². The number of benzene rings is 2. The van der Waals surface area contributed by atoms with E-state index in [1.54, 1.807) is 14.2 Å². The van der Waals surface area contributed by atoms with E-state index in [2.05, 4.69) is 222 Å².